The summed E-state index contributed by atoms with van der Waals surface area (Å²) in [6, 6.07) is 33.0. The Bertz CT molecular complexity index is 1540. The number of fused-ring (bicyclic) bond motifs is 4. The van der Waals surface area contributed by atoms with E-state index in [0.29, 0.717) is 0 Å². The fraction of sp³-hybridized carbons (Fsp3) is 0. The second-order valence-corrected chi connectivity index (χ2v) is 7.35. The second kappa shape index (κ2) is 6.75. The third-order valence-electron chi connectivity index (χ3n) is 5.48. The zero-order valence-electron chi connectivity index (χ0n) is 16.2. The molecule has 3 heteroatoms. The molecule has 0 spiro atoms. The lowest BCUT2D eigenvalue weighted by atomic mass is 10.0. The first-order valence-corrected chi connectivity index (χ1v) is 9.97. The van der Waals surface area contributed by atoms with Crippen LogP contribution in [0.15, 0.2) is 103 Å². The molecule has 30 heavy (non-hydrogen) atoms. The minimum atomic E-state index is 0.872. The second-order valence-electron chi connectivity index (χ2n) is 7.35. The van der Waals surface area contributed by atoms with E-state index in [0.717, 1.165) is 49.8 Å². The van der Waals surface area contributed by atoms with Crippen LogP contribution in [0, 0.1) is 0 Å². The smallest absolute Gasteiger partial charge is 0.0973 e. The molecule has 0 aliphatic heterocycles. The monoisotopic (exact) mass is 383 g/mol. The van der Waals surface area contributed by atoms with Gasteiger partial charge >= 0.3 is 0 Å². The summed E-state index contributed by atoms with van der Waals surface area (Å²) in [6.07, 6.45) is 1.94. The van der Waals surface area contributed by atoms with E-state index in [2.05, 4.69) is 48.5 Å². The van der Waals surface area contributed by atoms with Crippen LogP contribution < -0.4 is 0 Å². The molecule has 0 aliphatic rings. The molecular weight excluding hydrogens is 366 g/mol. The minimum absolute atomic E-state index is 0.872. The van der Waals surface area contributed by atoms with Gasteiger partial charge in [0.1, 0.15) is 0 Å². The first-order chi connectivity index (χ1) is 14.9. The van der Waals surface area contributed by atoms with Crippen molar-refractivity contribution in [1.29, 1.82) is 0 Å². The average molecular weight is 383 g/mol. The van der Waals surface area contributed by atoms with Crippen LogP contribution in [-0.4, -0.2) is 15.0 Å². The van der Waals surface area contributed by atoms with Crippen LogP contribution in [0.1, 0.15) is 0 Å². The molecule has 0 amide bonds. The van der Waals surface area contributed by atoms with Crippen molar-refractivity contribution in [2.24, 2.45) is 0 Å². The van der Waals surface area contributed by atoms with E-state index in [-0.39, 0.29) is 0 Å². The van der Waals surface area contributed by atoms with Gasteiger partial charge in [-0.2, -0.15) is 0 Å². The molecular formula is C27H17N3. The number of nitrogens with zero attached hydrogens (tertiary/aromatic N) is 3. The summed E-state index contributed by atoms with van der Waals surface area (Å²) in [4.78, 5) is 14.7. The van der Waals surface area contributed by atoms with Crippen LogP contribution in [0.2, 0.25) is 0 Å². The molecule has 0 bridgehead atoms. The highest BCUT2D eigenvalue weighted by molar-refractivity contribution is 6.06. The van der Waals surface area contributed by atoms with Crippen molar-refractivity contribution in [3.63, 3.8) is 0 Å². The minimum Gasteiger partial charge on any atom is -0.256 e. The van der Waals surface area contributed by atoms with Crippen LogP contribution in [-0.2, 0) is 0 Å². The van der Waals surface area contributed by atoms with Crippen LogP contribution in [0.4, 0.5) is 0 Å². The molecule has 0 unspecified atom stereocenters. The average Bonchev–Trinajstić information content (AvgIpc) is 2.83. The lowest BCUT2D eigenvalue weighted by Gasteiger charge is -2.11. The molecule has 2 aromatic heterocycles. The Hall–Kier alpha value is -4.11. The topological polar surface area (TPSA) is 38.7 Å². The number of hydrogen-bond donors (Lipinski definition) is 0. The highest BCUT2D eigenvalue weighted by Gasteiger charge is 2.14. The van der Waals surface area contributed by atoms with Gasteiger partial charge in [0.15, 0.2) is 0 Å². The van der Waals surface area contributed by atoms with Crippen LogP contribution in [0.3, 0.4) is 0 Å². The van der Waals surface area contributed by atoms with E-state index in [1.165, 1.54) is 5.39 Å². The summed E-state index contributed by atoms with van der Waals surface area (Å²) in [5.74, 6) is 0. The van der Waals surface area contributed by atoms with Crippen molar-refractivity contribution in [3.05, 3.63) is 103 Å². The van der Waals surface area contributed by atoms with E-state index in [9.17, 15) is 0 Å². The number of benzene rings is 4. The van der Waals surface area contributed by atoms with Crippen molar-refractivity contribution >= 4 is 32.7 Å². The Morgan fingerprint density at radius 2 is 1.13 bits per heavy atom. The summed E-state index contributed by atoms with van der Waals surface area (Å²) >= 11 is 0. The third-order valence-corrected chi connectivity index (χ3v) is 5.48. The number of pyridine rings is 1. The highest BCUT2D eigenvalue weighted by Crippen LogP contribution is 2.33. The Balaban J connectivity index is 1.63. The van der Waals surface area contributed by atoms with E-state index in [4.69, 9.17) is 15.0 Å². The standard InChI is InChI=1S/C27H17N3/c1-2-8-18(9-3-1)26-27(30-24-13-7-6-12-23(24)29-26)19-14-15-22-21-11-5-4-10-20(21)17-28-25(22)16-19/h1-17H. The molecule has 0 fully saturated rings. The normalized spacial score (nSPS) is 11.3. The molecule has 2 heterocycles. The van der Waals surface area contributed by atoms with Gasteiger partial charge in [0.2, 0.25) is 0 Å². The predicted molar refractivity (Wildman–Crippen MR) is 123 cm³/mol. The molecule has 0 saturated heterocycles. The van der Waals surface area contributed by atoms with Gasteiger partial charge in [-0.05, 0) is 23.6 Å². The molecule has 0 N–H and O–H groups in total. The van der Waals surface area contributed by atoms with Crippen LogP contribution in [0.25, 0.3) is 55.2 Å². The van der Waals surface area contributed by atoms with Gasteiger partial charge in [-0.15, -0.1) is 0 Å². The van der Waals surface area contributed by atoms with Crippen molar-refractivity contribution in [2.75, 3.05) is 0 Å². The van der Waals surface area contributed by atoms with Crippen molar-refractivity contribution in [1.82, 2.24) is 15.0 Å². The van der Waals surface area contributed by atoms with Gasteiger partial charge in [-0.3, -0.25) is 4.98 Å². The van der Waals surface area contributed by atoms with Gasteiger partial charge < -0.3 is 0 Å². The van der Waals surface area contributed by atoms with Gasteiger partial charge in [-0.1, -0.05) is 78.9 Å². The van der Waals surface area contributed by atoms with E-state index in [1.807, 2.05) is 54.7 Å². The molecule has 6 rings (SSSR count). The number of para-hydroxylation sites is 2. The Morgan fingerprint density at radius 1 is 0.467 bits per heavy atom. The molecule has 6 aromatic rings. The summed E-state index contributed by atoms with van der Waals surface area (Å²) in [7, 11) is 0. The SMILES string of the molecule is c1ccc(-c2nc3ccccc3nc2-c2ccc3c(c2)ncc2ccccc23)cc1. The zero-order valence-corrected chi connectivity index (χ0v) is 16.2. The highest BCUT2D eigenvalue weighted by atomic mass is 14.8. The molecule has 3 nitrogen and oxygen atoms in total. The largest absolute Gasteiger partial charge is 0.256 e. The Morgan fingerprint density at radius 3 is 1.93 bits per heavy atom. The Labute approximate surface area is 173 Å². The molecule has 140 valence electrons. The lowest BCUT2D eigenvalue weighted by molar-refractivity contribution is 1.29. The maximum absolute atomic E-state index is 5.00. The van der Waals surface area contributed by atoms with Gasteiger partial charge in [-0.25, -0.2) is 9.97 Å². The predicted octanol–water partition coefficient (Wildman–Crippen LogP) is 6.67. The van der Waals surface area contributed by atoms with Gasteiger partial charge in [0.25, 0.3) is 0 Å². The maximum atomic E-state index is 5.00. The molecule has 0 radical (unpaired) electrons. The first kappa shape index (κ1) is 16.8. The van der Waals surface area contributed by atoms with Gasteiger partial charge in [0, 0.05) is 28.1 Å². The van der Waals surface area contributed by atoms with Gasteiger partial charge in [0.05, 0.1) is 27.9 Å². The van der Waals surface area contributed by atoms with Crippen LogP contribution in [0.5, 0.6) is 0 Å². The summed E-state index contributed by atoms with van der Waals surface area (Å²) in [6.45, 7) is 0. The summed E-state index contributed by atoms with van der Waals surface area (Å²) < 4.78 is 0. The Kier molecular flexibility index (Phi) is 3.78. The quantitative estimate of drug-likeness (QED) is 0.314. The first-order valence-electron chi connectivity index (χ1n) is 9.97. The molecule has 4 aromatic carbocycles. The molecule has 0 atom stereocenters. The summed E-state index contributed by atoms with van der Waals surface area (Å²) in [5.41, 5.74) is 6.56. The maximum Gasteiger partial charge on any atom is 0.0973 e. The van der Waals surface area contributed by atoms with E-state index < -0.39 is 0 Å². The molecule has 0 aliphatic carbocycles. The van der Waals surface area contributed by atoms with Crippen LogP contribution >= 0.6 is 0 Å². The summed E-state index contributed by atoms with van der Waals surface area (Å²) in [5, 5.41) is 3.50. The van der Waals surface area contributed by atoms with Crippen molar-refractivity contribution in [3.8, 4) is 22.5 Å². The van der Waals surface area contributed by atoms with E-state index in [1.54, 1.807) is 0 Å². The number of aromatic nitrogens is 3. The molecule has 0 saturated carbocycles. The lowest BCUT2D eigenvalue weighted by Crippen LogP contribution is -1.95. The van der Waals surface area contributed by atoms with Crippen molar-refractivity contribution in [2.45, 2.75) is 0 Å². The fourth-order valence-electron chi connectivity index (χ4n) is 4.01. The van der Waals surface area contributed by atoms with E-state index >= 15 is 0 Å². The number of rotatable bonds is 2. The van der Waals surface area contributed by atoms with Crippen molar-refractivity contribution < 1.29 is 0 Å². The zero-order chi connectivity index (χ0) is 19.9. The fourth-order valence-corrected chi connectivity index (χ4v) is 4.01. The third kappa shape index (κ3) is 2.72. The number of hydrogen-bond acceptors (Lipinski definition) is 3.